The molecule has 0 spiro atoms. The lowest BCUT2D eigenvalue weighted by Gasteiger charge is -2.32. The predicted octanol–water partition coefficient (Wildman–Crippen LogP) is 3.82. The maximum atomic E-state index is 12.6. The number of likely N-dealkylation sites (tertiary alicyclic amines) is 1. The zero-order chi connectivity index (χ0) is 22.5. The van der Waals surface area contributed by atoms with Gasteiger partial charge >= 0.3 is 5.63 Å². The summed E-state index contributed by atoms with van der Waals surface area (Å²) in [6.45, 7) is 4.82. The van der Waals surface area contributed by atoms with E-state index in [1.165, 1.54) is 11.6 Å². The molecule has 6 nitrogen and oxygen atoms in total. The highest BCUT2D eigenvalue weighted by molar-refractivity contribution is 5.83. The lowest BCUT2D eigenvalue weighted by molar-refractivity contribution is -0.122. The average Bonchev–Trinajstić information content (AvgIpc) is 2.79. The monoisotopic (exact) mass is 434 g/mol. The van der Waals surface area contributed by atoms with E-state index in [-0.39, 0.29) is 17.6 Å². The van der Waals surface area contributed by atoms with Crippen molar-refractivity contribution in [2.45, 2.75) is 45.2 Å². The third-order valence-corrected chi connectivity index (χ3v) is 6.18. The Bertz CT molecular complexity index is 1130. The van der Waals surface area contributed by atoms with Crippen molar-refractivity contribution in [2.75, 3.05) is 20.2 Å². The molecular formula is C26H30N2O4. The van der Waals surface area contributed by atoms with Crippen LogP contribution in [0.2, 0.25) is 0 Å². The second-order valence-corrected chi connectivity index (χ2v) is 8.51. The van der Waals surface area contributed by atoms with Crippen LogP contribution >= 0.6 is 0 Å². The van der Waals surface area contributed by atoms with Crippen LogP contribution in [0.25, 0.3) is 11.0 Å². The Labute approximate surface area is 188 Å². The molecule has 6 heteroatoms. The van der Waals surface area contributed by atoms with Crippen LogP contribution in [-0.2, 0) is 17.8 Å². The highest BCUT2D eigenvalue weighted by Crippen LogP contribution is 2.28. The molecule has 0 unspecified atom stereocenters. The lowest BCUT2D eigenvalue weighted by Crippen LogP contribution is -2.44. The number of hydrogen-bond acceptors (Lipinski definition) is 5. The second kappa shape index (κ2) is 10.0. The van der Waals surface area contributed by atoms with E-state index in [9.17, 15) is 9.59 Å². The molecule has 2 heterocycles. The molecule has 1 aliphatic rings. The topological polar surface area (TPSA) is 71.8 Å². The average molecular weight is 435 g/mol. The first-order valence-corrected chi connectivity index (χ1v) is 11.2. The van der Waals surface area contributed by atoms with Crippen LogP contribution in [0, 0.1) is 6.92 Å². The van der Waals surface area contributed by atoms with Gasteiger partial charge in [-0.1, -0.05) is 30.3 Å². The van der Waals surface area contributed by atoms with E-state index in [1.54, 1.807) is 13.2 Å². The largest absolute Gasteiger partial charge is 0.496 e. The number of methoxy groups -OCH3 is 1. The molecule has 0 aliphatic carbocycles. The van der Waals surface area contributed by atoms with Crippen LogP contribution in [-0.4, -0.2) is 37.0 Å². The molecule has 1 aliphatic heterocycles. The van der Waals surface area contributed by atoms with Gasteiger partial charge in [0.05, 0.1) is 7.11 Å². The zero-order valence-corrected chi connectivity index (χ0v) is 18.7. The molecule has 2 aromatic carbocycles. The number of fused-ring (bicyclic) bond motifs is 1. The Hall–Kier alpha value is -3.12. The number of nitrogens with one attached hydrogen (secondary N) is 1. The molecular weight excluding hydrogens is 404 g/mol. The fourth-order valence-corrected chi connectivity index (χ4v) is 4.40. The smallest absolute Gasteiger partial charge is 0.336 e. The van der Waals surface area contributed by atoms with Crippen LogP contribution in [0.1, 0.15) is 36.0 Å². The Balaban J connectivity index is 1.30. The van der Waals surface area contributed by atoms with Gasteiger partial charge in [0.25, 0.3) is 0 Å². The highest BCUT2D eigenvalue weighted by Gasteiger charge is 2.21. The molecule has 1 fully saturated rings. The summed E-state index contributed by atoms with van der Waals surface area (Å²) < 4.78 is 10.8. The van der Waals surface area contributed by atoms with Crippen molar-refractivity contribution < 1.29 is 13.9 Å². The molecule has 0 bridgehead atoms. The van der Waals surface area contributed by atoms with E-state index in [2.05, 4.69) is 34.5 Å². The van der Waals surface area contributed by atoms with E-state index in [0.717, 1.165) is 49.0 Å². The maximum absolute atomic E-state index is 12.6. The van der Waals surface area contributed by atoms with Crippen LogP contribution in [0.3, 0.4) is 0 Å². The molecule has 168 valence electrons. The summed E-state index contributed by atoms with van der Waals surface area (Å²) in [5.74, 6) is 0.693. The minimum atomic E-state index is -0.376. The van der Waals surface area contributed by atoms with Gasteiger partial charge in [-0.05, 0) is 48.9 Å². The first-order valence-electron chi connectivity index (χ1n) is 11.2. The van der Waals surface area contributed by atoms with Gasteiger partial charge < -0.3 is 14.5 Å². The minimum absolute atomic E-state index is 0.0602. The summed E-state index contributed by atoms with van der Waals surface area (Å²) >= 11 is 0. The maximum Gasteiger partial charge on any atom is 0.336 e. The molecule has 32 heavy (non-hydrogen) atoms. The summed E-state index contributed by atoms with van der Waals surface area (Å²) in [6, 6.07) is 15.9. The van der Waals surface area contributed by atoms with E-state index in [0.29, 0.717) is 24.2 Å². The summed E-state index contributed by atoms with van der Waals surface area (Å²) in [7, 11) is 1.59. The van der Waals surface area contributed by atoms with Crippen molar-refractivity contribution in [1.29, 1.82) is 0 Å². The number of ether oxygens (including phenoxy) is 1. The van der Waals surface area contributed by atoms with Gasteiger partial charge in [-0.2, -0.15) is 0 Å². The molecule has 1 saturated heterocycles. The quantitative estimate of drug-likeness (QED) is 0.573. The minimum Gasteiger partial charge on any atom is -0.496 e. The summed E-state index contributed by atoms with van der Waals surface area (Å²) in [6.07, 6.45) is 2.89. The number of rotatable bonds is 7. The molecule has 3 aromatic rings. The molecule has 4 rings (SSSR count). The second-order valence-electron chi connectivity index (χ2n) is 8.51. The third kappa shape index (κ3) is 5.37. The van der Waals surface area contributed by atoms with Gasteiger partial charge in [0.2, 0.25) is 5.91 Å². The molecule has 0 radical (unpaired) electrons. The number of piperidine rings is 1. The van der Waals surface area contributed by atoms with Crippen LogP contribution in [0.5, 0.6) is 5.75 Å². The van der Waals surface area contributed by atoms with Crippen molar-refractivity contribution in [3.05, 3.63) is 75.6 Å². The molecule has 1 aromatic heterocycles. The predicted molar refractivity (Wildman–Crippen MR) is 125 cm³/mol. The number of aryl methyl sites for hydroxylation is 2. The third-order valence-electron chi connectivity index (χ3n) is 6.18. The standard InChI is InChI=1S/C26H30N2O4/c1-18-14-26(30)32-24-16-23(31-2)20(15-22(18)24)8-9-25(29)27-21-10-12-28(13-11-21)17-19-6-4-3-5-7-19/h3-7,14-16,21H,8-13,17H2,1-2H3,(H,27,29). The number of hydrogen-bond donors (Lipinski definition) is 1. The summed E-state index contributed by atoms with van der Waals surface area (Å²) in [5, 5.41) is 4.07. The fraction of sp³-hybridized carbons (Fsp3) is 0.385. The van der Waals surface area contributed by atoms with Crippen molar-refractivity contribution in [1.82, 2.24) is 10.2 Å². The Morgan fingerprint density at radius 1 is 1.16 bits per heavy atom. The first kappa shape index (κ1) is 22.1. The highest BCUT2D eigenvalue weighted by atomic mass is 16.5. The van der Waals surface area contributed by atoms with Gasteiger partial charge in [0, 0.05) is 49.6 Å². The van der Waals surface area contributed by atoms with E-state index < -0.39 is 0 Å². The van der Waals surface area contributed by atoms with Gasteiger partial charge in [0.1, 0.15) is 11.3 Å². The normalized spacial score (nSPS) is 15.1. The fourth-order valence-electron chi connectivity index (χ4n) is 4.40. The lowest BCUT2D eigenvalue weighted by atomic mass is 10.0. The zero-order valence-electron chi connectivity index (χ0n) is 18.7. The van der Waals surface area contributed by atoms with E-state index >= 15 is 0 Å². The van der Waals surface area contributed by atoms with E-state index in [1.807, 2.05) is 19.1 Å². The van der Waals surface area contributed by atoms with Gasteiger partial charge in [-0.25, -0.2) is 4.79 Å². The van der Waals surface area contributed by atoms with Gasteiger partial charge in [-0.15, -0.1) is 0 Å². The number of carbonyl (C=O) groups is 1. The van der Waals surface area contributed by atoms with Crippen LogP contribution in [0.15, 0.2) is 57.7 Å². The molecule has 1 amide bonds. The molecule has 1 N–H and O–H groups in total. The van der Waals surface area contributed by atoms with Gasteiger partial charge in [0.15, 0.2) is 0 Å². The van der Waals surface area contributed by atoms with Crippen molar-refractivity contribution in [2.24, 2.45) is 0 Å². The number of benzene rings is 2. The van der Waals surface area contributed by atoms with E-state index in [4.69, 9.17) is 9.15 Å². The number of nitrogens with zero attached hydrogens (tertiary/aromatic N) is 1. The van der Waals surface area contributed by atoms with Crippen molar-refractivity contribution in [3.63, 3.8) is 0 Å². The molecule has 0 atom stereocenters. The van der Waals surface area contributed by atoms with Gasteiger partial charge in [-0.3, -0.25) is 9.69 Å². The van der Waals surface area contributed by atoms with Crippen LogP contribution < -0.4 is 15.7 Å². The first-order chi connectivity index (χ1) is 15.5. The van der Waals surface area contributed by atoms with Crippen molar-refractivity contribution in [3.8, 4) is 5.75 Å². The Kier molecular flexibility index (Phi) is 6.90. The summed E-state index contributed by atoms with van der Waals surface area (Å²) in [4.78, 5) is 26.7. The number of amides is 1. The van der Waals surface area contributed by atoms with Crippen LogP contribution in [0.4, 0.5) is 0 Å². The number of carbonyl (C=O) groups excluding carboxylic acids is 1. The molecule has 0 saturated carbocycles. The Morgan fingerprint density at radius 3 is 2.62 bits per heavy atom. The SMILES string of the molecule is COc1cc2oc(=O)cc(C)c2cc1CCC(=O)NC1CCN(Cc2ccccc2)CC1. The Morgan fingerprint density at radius 2 is 1.91 bits per heavy atom. The van der Waals surface area contributed by atoms with Crippen molar-refractivity contribution >= 4 is 16.9 Å². The summed E-state index contributed by atoms with van der Waals surface area (Å²) in [5.41, 5.74) is 3.24.